The van der Waals surface area contributed by atoms with Crippen LogP contribution in [0.15, 0.2) is 10.7 Å². The van der Waals surface area contributed by atoms with E-state index in [9.17, 15) is 4.79 Å². The van der Waals surface area contributed by atoms with E-state index in [0.717, 1.165) is 35.5 Å². The van der Waals surface area contributed by atoms with Gasteiger partial charge >= 0.3 is 0 Å². The topological polar surface area (TPSA) is 34.9 Å². The molecule has 0 aromatic carbocycles. The van der Waals surface area contributed by atoms with Gasteiger partial charge in [-0.1, -0.05) is 39.0 Å². The molecule has 0 N–H and O–H groups in total. The Bertz CT molecular complexity index is 422. The second kappa shape index (κ2) is 7.22. The van der Waals surface area contributed by atoms with Gasteiger partial charge in [0.05, 0.1) is 10.7 Å². The maximum Gasteiger partial charge on any atom is 0.182 e. The lowest BCUT2D eigenvalue weighted by atomic mass is 9.85. The van der Waals surface area contributed by atoms with Crippen molar-refractivity contribution in [3.8, 4) is 0 Å². The first-order chi connectivity index (χ1) is 9.22. The Kier molecular flexibility index (Phi) is 5.61. The number of carbonyl (C=O) groups is 1. The average molecular weight is 327 g/mol. The van der Waals surface area contributed by atoms with Crippen LogP contribution in [0.4, 0.5) is 0 Å². The van der Waals surface area contributed by atoms with Crippen LogP contribution in [-0.2, 0) is 6.54 Å². The number of nitrogens with zero attached hydrogens (tertiary/aromatic N) is 2. The fourth-order valence-corrected chi connectivity index (χ4v) is 3.47. The van der Waals surface area contributed by atoms with Gasteiger partial charge in [0, 0.05) is 13.0 Å². The largest absolute Gasteiger partial charge is 0.292 e. The molecule has 0 atom stereocenters. The highest BCUT2D eigenvalue weighted by Crippen LogP contribution is 2.28. The fourth-order valence-electron chi connectivity index (χ4n) is 2.95. The molecule has 0 spiro atoms. The van der Waals surface area contributed by atoms with Crippen LogP contribution in [0.1, 0.15) is 68.8 Å². The van der Waals surface area contributed by atoms with Crippen molar-refractivity contribution in [1.82, 2.24) is 9.78 Å². The van der Waals surface area contributed by atoms with Crippen LogP contribution >= 0.6 is 15.9 Å². The van der Waals surface area contributed by atoms with E-state index in [1.165, 1.54) is 32.1 Å². The summed E-state index contributed by atoms with van der Waals surface area (Å²) in [5, 5.41) is 4.27. The molecule has 1 saturated carbocycles. The van der Waals surface area contributed by atoms with Gasteiger partial charge in [0.2, 0.25) is 0 Å². The molecule has 0 aliphatic heterocycles. The third-order valence-corrected chi connectivity index (χ3v) is 4.58. The normalized spacial score (nSPS) is 16.7. The molecule has 0 unspecified atom stereocenters. The number of hydrogen-bond donors (Lipinski definition) is 0. The van der Waals surface area contributed by atoms with Crippen molar-refractivity contribution in [1.29, 1.82) is 0 Å². The number of aromatic nitrogens is 2. The fraction of sp³-hybridized carbons (Fsp3) is 0.733. The third kappa shape index (κ3) is 3.91. The standard InChI is InChI=1S/C15H23BrN2O/c1-2-10-18-15(13(16)11-17-18)14(19)9-8-12-6-4-3-5-7-12/h11-12H,2-10H2,1H3. The van der Waals surface area contributed by atoms with Gasteiger partial charge in [0.25, 0.3) is 0 Å². The third-order valence-electron chi connectivity index (χ3n) is 4.00. The van der Waals surface area contributed by atoms with Gasteiger partial charge in [-0.15, -0.1) is 0 Å². The quantitative estimate of drug-likeness (QED) is 0.716. The summed E-state index contributed by atoms with van der Waals surface area (Å²) in [5.41, 5.74) is 0.762. The Morgan fingerprint density at radius 1 is 1.42 bits per heavy atom. The lowest BCUT2D eigenvalue weighted by Gasteiger charge is -2.21. The van der Waals surface area contributed by atoms with Gasteiger partial charge in [-0.3, -0.25) is 9.48 Å². The predicted octanol–water partition coefficient (Wildman–Crippen LogP) is 4.60. The van der Waals surface area contributed by atoms with Crippen molar-refractivity contribution in [2.45, 2.75) is 64.8 Å². The minimum Gasteiger partial charge on any atom is -0.292 e. The summed E-state index contributed by atoms with van der Waals surface area (Å²) in [6, 6.07) is 0. The molecule has 1 aliphatic rings. The molecule has 1 aliphatic carbocycles. The van der Waals surface area contributed by atoms with Crippen LogP contribution in [0, 0.1) is 5.92 Å². The first-order valence-corrected chi connectivity index (χ1v) is 8.26. The zero-order chi connectivity index (χ0) is 13.7. The zero-order valence-electron chi connectivity index (χ0n) is 11.7. The van der Waals surface area contributed by atoms with E-state index in [1.807, 2.05) is 4.68 Å². The minimum absolute atomic E-state index is 0.239. The Hall–Kier alpha value is -0.640. The monoisotopic (exact) mass is 326 g/mol. The van der Waals surface area contributed by atoms with Crippen LogP contribution in [0.25, 0.3) is 0 Å². The average Bonchev–Trinajstić information content (AvgIpc) is 2.79. The molecule has 1 heterocycles. The van der Waals surface area contributed by atoms with E-state index in [1.54, 1.807) is 6.20 Å². The summed E-state index contributed by atoms with van der Waals surface area (Å²) < 4.78 is 2.68. The Morgan fingerprint density at radius 2 is 2.16 bits per heavy atom. The number of carbonyl (C=O) groups excluding carboxylic acids is 1. The highest BCUT2D eigenvalue weighted by Gasteiger charge is 2.19. The van der Waals surface area contributed by atoms with Crippen molar-refractivity contribution in [2.75, 3.05) is 0 Å². The van der Waals surface area contributed by atoms with E-state index in [4.69, 9.17) is 0 Å². The van der Waals surface area contributed by atoms with Crippen LogP contribution in [0.5, 0.6) is 0 Å². The van der Waals surface area contributed by atoms with E-state index in [2.05, 4.69) is 28.0 Å². The van der Waals surface area contributed by atoms with E-state index >= 15 is 0 Å². The number of aryl methyl sites for hydroxylation is 1. The van der Waals surface area contributed by atoms with Gasteiger partial charge in [-0.2, -0.15) is 5.10 Å². The highest BCUT2D eigenvalue weighted by atomic mass is 79.9. The van der Waals surface area contributed by atoms with Crippen LogP contribution < -0.4 is 0 Å². The lowest BCUT2D eigenvalue weighted by molar-refractivity contribution is 0.0958. The number of ketones is 1. The summed E-state index contributed by atoms with van der Waals surface area (Å²) in [6.45, 7) is 2.92. The summed E-state index contributed by atoms with van der Waals surface area (Å²) in [4.78, 5) is 12.4. The van der Waals surface area contributed by atoms with Gasteiger partial charge in [0.15, 0.2) is 5.78 Å². The maximum atomic E-state index is 12.4. The van der Waals surface area contributed by atoms with Crippen LogP contribution in [0.3, 0.4) is 0 Å². The number of halogens is 1. The second-order valence-electron chi connectivity index (χ2n) is 5.53. The molecule has 3 nitrogen and oxygen atoms in total. The van der Waals surface area contributed by atoms with Gasteiger partial charge in [0.1, 0.15) is 5.69 Å². The first kappa shape index (κ1) is 14.8. The predicted molar refractivity (Wildman–Crippen MR) is 80.4 cm³/mol. The van der Waals surface area contributed by atoms with Gasteiger partial charge < -0.3 is 0 Å². The van der Waals surface area contributed by atoms with Crippen molar-refractivity contribution in [2.24, 2.45) is 5.92 Å². The lowest BCUT2D eigenvalue weighted by Crippen LogP contribution is -2.13. The molecule has 1 aromatic heterocycles. The van der Waals surface area contributed by atoms with Gasteiger partial charge in [-0.05, 0) is 34.7 Å². The minimum atomic E-state index is 0.239. The Morgan fingerprint density at radius 3 is 2.84 bits per heavy atom. The van der Waals surface area contributed by atoms with E-state index in [0.29, 0.717) is 6.42 Å². The SMILES string of the molecule is CCCn1ncc(Br)c1C(=O)CCC1CCCCC1. The second-order valence-corrected chi connectivity index (χ2v) is 6.38. The highest BCUT2D eigenvalue weighted by molar-refractivity contribution is 9.10. The number of rotatable bonds is 6. The molecular weight excluding hydrogens is 304 g/mol. The van der Waals surface area contributed by atoms with Crippen molar-refractivity contribution < 1.29 is 4.79 Å². The number of Topliss-reactive ketones (excluding diaryl/α,β-unsaturated/α-hetero) is 1. The summed E-state index contributed by atoms with van der Waals surface area (Å²) >= 11 is 3.45. The van der Waals surface area contributed by atoms with Crippen molar-refractivity contribution >= 4 is 21.7 Å². The summed E-state index contributed by atoms with van der Waals surface area (Å²) in [5.74, 6) is 1.00. The molecule has 0 bridgehead atoms. The Labute approximate surface area is 123 Å². The first-order valence-electron chi connectivity index (χ1n) is 7.47. The van der Waals surface area contributed by atoms with Crippen LogP contribution in [0.2, 0.25) is 0 Å². The zero-order valence-corrected chi connectivity index (χ0v) is 13.3. The molecular formula is C15H23BrN2O. The van der Waals surface area contributed by atoms with Crippen molar-refractivity contribution in [3.05, 3.63) is 16.4 Å². The smallest absolute Gasteiger partial charge is 0.182 e. The van der Waals surface area contributed by atoms with Gasteiger partial charge in [-0.25, -0.2) is 0 Å². The van der Waals surface area contributed by atoms with Crippen molar-refractivity contribution in [3.63, 3.8) is 0 Å². The van der Waals surface area contributed by atoms with Crippen LogP contribution in [-0.4, -0.2) is 15.6 Å². The summed E-state index contributed by atoms with van der Waals surface area (Å²) in [6.07, 6.45) is 11.1. The molecule has 0 radical (unpaired) electrons. The molecule has 0 saturated heterocycles. The van der Waals surface area contributed by atoms with E-state index < -0.39 is 0 Å². The number of hydrogen-bond acceptors (Lipinski definition) is 2. The molecule has 2 rings (SSSR count). The Balaban J connectivity index is 1.93. The molecule has 4 heteroatoms. The van der Waals surface area contributed by atoms with E-state index in [-0.39, 0.29) is 5.78 Å². The molecule has 106 valence electrons. The molecule has 1 aromatic rings. The molecule has 1 fully saturated rings. The molecule has 19 heavy (non-hydrogen) atoms. The summed E-state index contributed by atoms with van der Waals surface area (Å²) in [7, 11) is 0. The molecule has 0 amide bonds. The maximum absolute atomic E-state index is 12.4.